The van der Waals surface area contributed by atoms with E-state index in [1.165, 1.54) is 0 Å². The van der Waals surface area contributed by atoms with Crippen LogP contribution < -0.4 is 15.2 Å². The molecule has 0 atom stereocenters. The Balaban J connectivity index is 1.82. The highest BCUT2D eigenvalue weighted by molar-refractivity contribution is 5.56. The molecule has 1 heterocycles. The first-order valence-electron chi connectivity index (χ1n) is 6.35. The summed E-state index contributed by atoms with van der Waals surface area (Å²) >= 11 is 0. The summed E-state index contributed by atoms with van der Waals surface area (Å²) in [6.45, 7) is 0. The third kappa shape index (κ3) is 2.79. The maximum atomic E-state index is 5.90. The molecule has 2 N–H and O–H groups in total. The summed E-state index contributed by atoms with van der Waals surface area (Å²) in [5.41, 5.74) is 7.26. The Morgan fingerprint density at radius 1 is 1.10 bits per heavy atom. The van der Waals surface area contributed by atoms with Gasteiger partial charge in [0.2, 0.25) is 0 Å². The first kappa shape index (κ1) is 13.0. The smallest absolute Gasteiger partial charge is 0.341 e. The van der Waals surface area contributed by atoms with Crippen molar-refractivity contribution in [2.45, 2.75) is 0 Å². The van der Waals surface area contributed by atoms with Crippen LogP contribution in [0.1, 0.15) is 0 Å². The zero-order chi connectivity index (χ0) is 14.7. The topological polar surface area (TPSA) is 75.2 Å². The van der Waals surface area contributed by atoms with Gasteiger partial charge in [0.25, 0.3) is 0 Å². The summed E-state index contributed by atoms with van der Waals surface area (Å²) in [6, 6.07) is 15.1. The number of aromatic nitrogens is 3. The third-order valence-electron chi connectivity index (χ3n) is 2.91. The fraction of sp³-hybridized carbons (Fsp3) is 0.0667. The number of para-hydroxylation sites is 1. The lowest BCUT2D eigenvalue weighted by atomic mass is 10.3. The number of nitrogens with zero attached hydrogens (tertiary/aromatic N) is 3. The van der Waals surface area contributed by atoms with Crippen LogP contribution in [0.4, 0.5) is 5.69 Å². The minimum Gasteiger partial charge on any atom is -0.497 e. The Labute approximate surface area is 121 Å². The molecular weight excluding hydrogens is 268 g/mol. The van der Waals surface area contributed by atoms with Gasteiger partial charge >= 0.3 is 6.01 Å². The molecule has 106 valence electrons. The van der Waals surface area contributed by atoms with E-state index < -0.39 is 0 Å². The lowest BCUT2D eigenvalue weighted by Crippen LogP contribution is -1.96. The van der Waals surface area contributed by atoms with Gasteiger partial charge in [0.1, 0.15) is 12.1 Å². The van der Waals surface area contributed by atoms with Crippen LogP contribution in [0.2, 0.25) is 0 Å². The summed E-state index contributed by atoms with van der Waals surface area (Å²) in [4.78, 5) is 4.11. The molecule has 0 aliphatic rings. The zero-order valence-corrected chi connectivity index (χ0v) is 11.4. The van der Waals surface area contributed by atoms with Gasteiger partial charge in [0, 0.05) is 6.07 Å². The average Bonchev–Trinajstić information content (AvgIpc) is 2.99. The van der Waals surface area contributed by atoms with Crippen molar-refractivity contribution in [3.8, 4) is 23.2 Å². The quantitative estimate of drug-likeness (QED) is 0.744. The molecule has 0 bridgehead atoms. The minimum absolute atomic E-state index is 0.232. The molecule has 0 aliphatic heterocycles. The Hall–Kier alpha value is -3.02. The molecule has 6 nitrogen and oxygen atoms in total. The summed E-state index contributed by atoms with van der Waals surface area (Å²) in [7, 11) is 1.58. The van der Waals surface area contributed by atoms with Crippen molar-refractivity contribution in [3.63, 3.8) is 0 Å². The molecule has 0 fully saturated rings. The Bertz CT molecular complexity index is 740. The van der Waals surface area contributed by atoms with E-state index in [0.29, 0.717) is 17.2 Å². The molecule has 0 radical (unpaired) electrons. The molecule has 2 aromatic carbocycles. The standard InChI is InChI=1S/C15H14N4O2/c1-20-12-7-8-14(13(16)9-12)21-15-17-10-19(18-15)11-5-3-2-4-6-11/h2-10H,16H2,1H3. The monoisotopic (exact) mass is 282 g/mol. The SMILES string of the molecule is COc1ccc(Oc2ncn(-c3ccccc3)n2)c(N)c1. The van der Waals surface area contributed by atoms with Crippen molar-refractivity contribution in [2.24, 2.45) is 0 Å². The van der Waals surface area contributed by atoms with Gasteiger partial charge in [-0.1, -0.05) is 18.2 Å². The van der Waals surface area contributed by atoms with Gasteiger partial charge in [0.15, 0.2) is 5.75 Å². The zero-order valence-electron chi connectivity index (χ0n) is 11.4. The maximum absolute atomic E-state index is 5.90. The van der Waals surface area contributed by atoms with Crippen LogP contribution in [0, 0.1) is 0 Å². The van der Waals surface area contributed by atoms with Gasteiger partial charge in [-0.2, -0.15) is 4.98 Å². The average molecular weight is 282 g/mol. The van der Waals surface area contributed by atoms with E-state index in [9.17, 15) is 0 Å². The second-order valence-corrected chi connectivity index (χ2v) is 4.31. The number of hydrogen-bond donors (Lipinski definition) is 1. The van der Waals surface area contributed by atoms with Crippen LogP contribution in [0.5, 0.6) is 17.5 Å². The predicted molar refractivity (Wildman–Crippen MR) is 78.8 cm³/mol. The van der Waals surface area contributed by atoms with Crippen molar-refractivity contribution >= 4 is 5.69 Å². The highest BCUT2D eigenvalue weighted by atomic mass is 16.5. The molecule has 0 saturated heterocycles. The molecule has 21 heavy (non-hydrogen) atoms. The van der Waals surface area contributed by atoms with E-state index in [2.05, 4.69) is 10.1 Å². The molecule has 1 aromatic heterocycles. The summed E-state index contributed by atoms with van der Waals surface area (Å²) in [5.74, 6) is 1.16. The lowest BCUT2D eigenvalue weighted by molar-refractivity contribution is 0.411. The Morgan fingerprint density at radius 2 is 1.90 bits per heavy atom. The van der Waals surface area contributed by atoms with Crippen molar-refractivity contribution in [1.82, 2.24) is 14.8 Å². The minimum atomic E-state index is 0.232. The van der Waals surface area contributed by atoms with Gasteiger partial charge < -0.3 is 15.2 Å². The number of nitrogens with two attached hydrogens (primary N) is 1. The first-order chi connectivity index (χ1) is 10.3. The molecule has 6 heteroatoms. The predicted octanol–water partition coefficient (Wildman–Crippen LogP) is 2.65. The number of hydrogen-bond acceptors (Lipinski definition) is 5. The van der Waals surface area contributed by atoms with Crippen LogP contribution in [0.25, 0.3) is 5.69 Å². The third-order valence-corrected chi connectivity index (χ3v) is 2.91. The molecule has 0 saturated carbocycles. The van der Waals surface area contributed by atoms with Gasteiger partial charge in [-0.3, -0.25) is 0 Å². The highest BCUT2D eigenvalue weighted by Crippen LogP contribution is 2.29. The summed E-state index contributed by atoms with van der Waals surface area (Å²) in [6.07, 6.45) is 1.59. The second-order valence-electron chi connectivity index (χ2n) is 4.31. The van der Waals surface area contributed by atoms with E-state index in [-0.39, 0.29) is 6.01 Å². The van der Waals surface area contributed by atoms with Crippen molar-refractivity contribution < 1.29 is 9.47 Å². The van der Waals surface area contributed by atoms with E-state index in [1.54, 1.807) is 36.3 Å². The number of benzene rings is 2. The number of anilines is 1. The number of rotatable bonds is 4. The molecule has 0 spiro atoms. The van der Waals surface area contributed by atoms with Crippen LogP contribution in [-0.4, -0.2) is 21.9 Å². The van der Waals surface area contributed by atoms with Crippen molar-refractivity contribution in [2.75, 3.05) is 12.8 Å². The lowest BCUT2D eigenvalue weighted by Gasteiger charge is -2.06. The Morgan fingerprint density at radius 3 is 2.62 bits per heavy atom. The van der Waals surface area contributed by atoms with E-state index in [4.69, 9.17) is 15.2 Å². The molecule has 3 aromatic rings. The van der Waals surface area contributed by atoms with Crippen molar-refractivity contribution in [1.29, 1.82) is 0 Å². The fourth-order valence-electron chi connectivity index (χ4n) is 1.84. The van der Waals surface area contributed by atoms with E-state index >= 15 is 0 Å². The van der Waals surface area contributed by atoms with Gasteiger partial charge in [0.05, 0.1) is 18.5 Å². The summed E-state index contributed by atoms with van der Waals surface area (Å²) < 4.78 is 12.3. The summed E-state index contributed by atoms with van der Waals surface area (Å²) in [5, 5.41) is 4.26. The van der Waals surface area contributed by atoms with E-state index in [1.807, 2.05) is 30.3 Å². The number of methoxy groups -OCH3 is 1. The molecular formula is C15H14N4O2. The molecule has 3 rings (SSSR count). The number of ether oxygens (including phenoxy) is 2. The van der Waals surface area contributed by atoms with Crippen LogP contribution in [0.15, 0.2) is 54.9 Å². The second kappa shape index (κ2) is 5.54. The van der Waals surface area contributed by atoms with Crippen LogP contribution in [0.3, 0.4) is 0 Å². The molecule has 0 amide bonds. The van der Waals surface area contributed by atoms with Gasteiger partial charge in [-0.15, -0.1) is 5.10 Å². The Kier molecular flexibility index (Phi) is 3.42. The molecule has 0 unspecified atom stereocenters. The van der Waals surface area contributed by atoms with Gasteiger partial charge in [-0.25, -0.2) is 4.68 Å². The van der Waals surface area contributed by atoms with Gasteiger partial charge in [-0.05, 0) is 24.3 Å². The van der Waals surface area contributed by atoms with Crippen molar-refractivity contribution in [3.05, 3.63) is 54.9 Å². The fourth-order valence-corrected chi connectivity index (χ4v) is 1.84. The van der Waals surface area contributed by atoms with Crippen LogP contribution >= 0.6 is 0 Å². The van der Waals surface area contributed by atoms with E-state index in [0.717, 1.165) is 5.69 Å². The highest BCUT2D eigenvalue weighted by Gasteiger charge is 2.08. The molecule has 0 aliphatic carbocycles. The number of nitrogen functional groups attached to an aromatic ring is 1. The maximum Gasteiger partial charge on any atom is 0.341 e. The largest absolute Gasteiger partial charge is 0.497 e. The normalized spacial score (nSPS) is 10.3. The first-order valence-corrected chi connectivity index (χ1v) is 6.35. The van der Waals surface area contributed by atoms with Crippen LogP contribution in [-0.2, 0) is 0 Å².